The quantitative estimate of drug-likeness (QED) is 0.0247. The minimum atomic E-state index is -1.31. The average molecular weight is 1110 g/mol. The van der Waals surface area contributed by atoms with E-state index in [1.807, 2.05) is 6.07 Å². The summed E-state index contributed by atoms with van der Waals surface area (Å²) in [7, 11) is 0. The van der Waals surface area contributed by atoms with Gasteiger partial charge in [0.2, 0.25) is 35.4 Å². The molecule has 20 nitrogen and oxygen atoms in total. The van der Waals surface area contributed by atoms with Crippen LogP contribution in [-0.2, 0) is 46.4 Å². The van der Waals surface area contributed by atoms with Gasteiger partial charge in [0, 0.05) is 19.4 Å². The van der Waals surface area contributed by atoms with Crippen LogP contribution in [0.15, 0.2) is 65.7 Å². The van der Waals surface area contributed by atoms with E-state index >= 15 is 0 Å². The second-order valence-electron chi connectivity index (χ2n) is 21.1. The molecule has 2 rings (SSSR count). The highest BCUT2D eigenvalue weighted by Crippen LogP contribution is 2.15. The van der Waals surface area contributed by atoms with E-state index in [2.05, 4.69) is 49.1 Å². The van der Waals surface area contributed by atoms with E-state index in [-0.39, 0.29) is 56.4 Å². The first-order valence-corrected chi connectivity index (χ1v) is 29.4. The SMILES string of the molecule is CCCCCCCCCCCCCCCCN[C@@H](CCCCN)C(=O)N[C@H](C(=O)NCC(=O)N[C@@H](Cc1ccccc1)C(=O)N[C@@H](Cc1ccccc1)C(=O)N[C@@H](CCCCN)C(=O)N[C@@H](CCCN=C(N)N)C(=O)O)C(C)C. The van der Waals surface area contributed by atoms with Crippen LogP contribution in [0.1, 0.15) is 173 Å². The van der Waals surface area contributed by atoms with E-state index < -0.39 is 78.3 Å². The van der Waals surface area contributed by atoms with Crippen molar-refractivity contribution in [2.75, 3.05) is 32.7 Å². The van der Waals surface area contributed by atoms with Gasteiger partial charge in [-0.25, -0.2) is 4.79 Å². The predicted octanol–water partition coefficient (Wildman–Crippen LogP) is 4.50. The van der Waals surface area contributed by atoms with E-state index in [4.69, 9.17) is 22.9 Å². The lowest BCUT2D eigenvalue weighted by atomic mass is 10.0. The van der Waals surface area contributed by atoms with Crippen LogP contribution in [0, 0.1) is 5.92 Å². The molecule has 0 saturated heterocycles. The van der Waals surface area contributed by atoms with Crippen LogP contribution in [-0.4, -0.2) is 121 Å². The van der Waals surface area contributed by atoms with E-state index in [1.54, 1.807) is 68.4 Å². The molecule has 0 aliphatic carbocycles. The molecule has 0 heterocycles. The molecule has 0 aliphatic heterocycles. The summed E-state index contributed by atoms with van der Waals surface area (Å²) in [5.41, 5.74) is 23.7. The van der Waals surface area contributed by atoms with Crippen LogP contribution >= 0.6 is 0 Å². The fourth-order valence-electron chi connectivity index (χ4n) is 9.18. The number of rotatable bonds is 46. The Morgan fingerprint density at radius 2 is 0.924 bits per heavy atom. The lowest BCUT2D eigenvalue weighted by Gasteiger charge is -2.27. The Morgan fingerprint density at radius 1 is 0.494 bits per heavy atom. The van der Waals surface area contributed by atoms with Crippen LogP contribution in [0.3, 0.4) is 0 Å². The number of guanidine groups is 1. The third-order valence-corrected chi connectivity index (χ3v) is 13.8. The van der Waals surface area contributed by atoms with Crippen LogP contribution in [0.25, 0.3) is 0 Å². The van der Waals surface area contributed by atoms with Gasteiger partial charge in [0.15, 0.2) is 5.96 Å². The smallest absolute Gasteiger partial charge is 0.326 e. The number of aliphatic imine (C=N–C) groups is 1. The molecule has 0 aliphatic rings. The number of amides is 6. The Balaban J connectivity index is 2.16. The van der Waals surface area contributed by atoms with Crippen LogP contribution < -0.4 is 60.2 Å². The van der Waals surface area contributed by atoms with E-state index in [1.165, 1.54) is 70.6 Å². The number of nitrogens with one attached hydrogen (secondary N) is 7. The first-order valence-electron chi connectivity index (χ1n) is 29.4. The molecule has 0 fully saturated rings. The van der Waals surface area contributed by atoms with E-state index in [0.29, 0.717) is 50.0 Å². The number of nitrogens with zero attached hydrogens (tertiary/aromatic N) is 1. The van der Waals surface area contributed by atoms with Gasteiger partial charge in [0.1, 0.15) is 30.2 Å². The number of aliphatic carboxylic acids is 1. The third kappa shape index (κ3) is 31.9. The molecule has 2 aromatic rings. The lowest BCUT2D eigenvalue weighted by molar-refractivity contribution is -0.142. The number of nitrogens with two attached hydrogens (primary N) is 4. The minimum absolute atomic E-state index is 0.00859. The Morgan fingerprint density at radius 3 is 1.41 bits per heavy atom. The molecule has 6 atom stereocenters. The number of hydrogen-bond acceptors (Lipinski definition) is 11. The first kappa shape index (κ1) is 69.0. The summed E-state index contributed by atoms with van der Waals surface area (Å²) < 4.78 is 0. The Kier molecular flexibility index (Phi) is 37.4. The molecule has 0 bridgehead atoms. The Hall–Kier alpha value is -6.12. The van der Waals surface area contributed by atoms with E-state index in [9.17, 15) is 38.7 Å². The zero-order valence-electron chi connectivity index (χ0n) is 47.9. The highest BCUT2D eigenvalue weighted by Gasteiger charge is 2.33. The molecule has 0 aromatic heterocycles. The molecule has 0 radical (unpaired) electrons. The lowest BCUT2D eigenvalue weighted by Crippen LogP contribution is -2.59. The topological polar surface area (TPSA) is 340 Å². The van der Waals surface area contributed by atoms with Crippen molar-refractivity contribution < 1.29 is 38.7 Å². The van der Waals surface area contributed by atoms with Crippen molar-refractivity contribution in [3.63, 3.8) is 0 Å². The summed E-state index contributed by atoms with van der Waals surface area (Å²) in [6.45, 7) is 6.97. The van der Waals surface area contributed by atoms with Gasteiger partial charge in [0.05, 0.1) is 12.6 Å². The van der Waals surface area contributed by atoms with Gasteiger partial charge in [0.25, 0.3) is 0 Å². The van der Waals surface area contributed by atoms with Crippen molar-refractivity contribution in [3.05, 3.63) is 71.8 Å². The largest absolute Gasteiger partial charge is 0.480 e. The van der Waals surface area contributed by atoms with Gasteiger partial charge >= 0.3 is 5.97 Å². The summed E-state index contributed by atoms with van der Waals surface area (Å²) in [4.78, 5) is 99.8. The highest BCUT2D eigenvalue weighted by molar-refractivity contribution is 5.96. The average Bonchev–Trinajstić information content (AvgIpc) is 3.42. The Bertz CT molecular complexity index is 2060. The van der Waals surface area contributed by atoms with Gasteiger partial charge in [-0.3, -0.25) is 33.8 Å². The fourth-order valence-corrected chi connectivity index (χ4v) is 9.18. The number of carbonyl (C=O) groups is 7. The van der Waals surface area contributed by atoms with E-state index in [0.717, 1.165) is 32.1 Å². The molecular weight excluding hydrogens is 1000 g/mol. The van der Waals surface area contributed by atoms with Gasteiger partial charge in [-0.15, -0.1) is 0 Å². The molecular formula is C59H100N12O8. The zero-order chi connectivity index (χ0) is 58.0. The zero-order valence-corrected chi connectivity index (χ0v) is 47.9. The summed E-state index contributed by atoms with van der Waals surface area (Å²) in [5.74, 6) is -5.53. The number of unbranched alkanes of at least 4 members (excludes halogenated alkanes) is 15. The van der Waals surface area contributed by atoms with Gasteiger partial charge in [-0.2, -0.15) is 0 Å². The predicted molar refractivity (Wildman–Crippen MR) is 313 cm³/mol. The number of benzene rings is 2. The highest BCUT2D eigenvalue weighted by atomic mass is 16.4. The molecule has 444 valence electrons. The standard InChI is InChI=1S/C59H100N12O8/c1-4-5-6-7-8-9-10-11-12-13-14-15-16-27-38-64-46(33-23-25-36-60)53(73)71-52(43(2)3)57(77)66-42-51(72)67-49(40-44-29-19-17-20-30-44)55(75)70-50(41-45-31-21-18-22-32-45)56(76)68-47(34-24-26-37-61)54(74)69-48(58(78)79)35-28-39-65-59(62)63/h17-22,29-32,43,46-50,52,64H,4-16,23-28,33-42,60-61H2,1-3H3,(H,66,77)(H,67,72)(H,68,76)(H,69,74)(H,70,75)(H,71,73)(H,78,79)(H4,62,63,65)/t46-,47-,48-,49-,50-,52-/m0/s1. The van der Waals surface area contributed by atoms with Crippen molar-refractivity contribution in [1.82, 2.24) is 37.2 Å². The normalized spacial score (nSPS) is 13.4. The summed E-state index contributed by atoms with van der Waals surface area (Å²) in [6, 6.07) is 11.3. The van der Waals surface area contributed by atoms with Crippen molar-refractivity contribution in [1.29, 1.82) is 0 Å². The van der Waals surface area contributed by atoms with Gasteiger partial charge in [-0.05, 0) is 88.0 Å². The summed E-state index contributed by atoms with van der Waals surface area (Å²) in [5, 5.41) is 29.8. The molecule has 0 saturated carbocycles. The maximum atomic E-state index is 14.4. The van der Waals surface area contributed by atoms with Crippen LogP contribution in [0.2, 0.25) is 0 Å². The molecule has 6 amide bonds. The summed E-state index contributed by atoms with van der Waals surface area (Å²) in [6.07, 6.45) is 20.9. The van der Waals surface area contributed by atoms with Gasteiger partial charge in [-0.1, -0.05) is 171 Å². The maximum absolute atomic E-state index is 14.4. The van der Waals surface area contributed by atoms with Crippen molar-refractivity contribution in [2.45, 2.75) is 211 Å². The minimum Gasteiger partial charge on any atom is -0.480 e. The van der Waals surface area contributed by atoms with Crippen LogP contribution in [0.5, 0.6) is 0 Å². The maximum Gasteiger partial charge on any atom is 0.326 e. The molecule has 2 aromatic carbocycles. The monoisotopic (exact) mass is 1100 g/mol. The third-order valence-electron chi connectivity index (χ3n) is 13.8. The summed E-state index contributed by atoms with van der Waals surface area (Å²) >= 11 is 0. The number of hydrogen-bond donors (Lipinski definition) is 12. The fraction of sp³-hybridized carbons (Fsp3) is 0.661. The second kappa shape index (κ2) is 42.8. The molecule has 79 heavy (non-hydrogen) atoms. The number of carboxylic acids is 1. The van der Waals surface area contributed by atoms with Crippen molar-refractivity contribution in [3.8, 4) is 0 Å². The number of carbonyl (C=O) groups excluding carboxylic acids is 6. The van der Waals surface area contributed by atoms with Gasteiger partial charge < -0.3 is 65.3 Å². The molecule has 0 unspecified atom stereocenters. The van der Waals surface area contributed by atoms with Crippen molar-refractivity contribution in [2.24, 2.45) is 33.8 Å². The Labute approximate surface area is 471 Å². The molecule has 20 heteroatoms. The first-order chi connectivity index (χ1) is 38.1. The molecule has 0 spiro atoms. The second-order valence-corrected chi connectivity index (χ2v) is 21.1. The molecule has 16 N–H and O–H groups in total. The number of carboxylic acid groups (broad SMARTS) is 1. The van der Waals surface area contributed by atoms with Crippen molar-refractivity contribution >= 4 is 47.4 Å². The van der Waals surface area contributed by atoms with Crippen LogP contribution in [0.4, 0.5) is 0 Å².